The lowest BCUT2D eigenvalue weighted by molar-refractivity contribution is -0.155. The van der Waals surface area contributed by atoms with Gasteiger partial charge in [-0.15, -0.1) is 0 Å². The average Bonchev–Trinajstić information content (AvgIpc) is 3.21. The predicted molar refractivity (Wildman–Crippen MR) is 126 cm³/mol. The summed E-state index contributed by atoms with van der Waals surface area (Å²) < 4.78 is 0. The van der Waals surface area contributed by atoms with Crippen molar-refractivity contribution in [3.8, 4) is 0 Å². The summed E-state index contributed by atoms with van der Waals surface area (Å²) in [6, 6.07) is 7.71. The van der Waals surface area contributed by atoms with Crippen LogP contribution in [0.2, 0.25) is 5.02 Å². The van der Waals surface area contributed by atoms with E-state index in [1.807, 2.05) is 29.2 Å². The van der Waals surface area contributed by atoms with Gasteiger partial charge in [-0.3, -0.25) is 15.0 Å². The first-order chi connectivity index (χ1) is 15.5. The van der Waals surface area contributed by atoms with Gasteiger partial charge in [0, 0.05) is 37.0 Å². The number of nitrogens with one attached hydrogen (secondary N) is 2. The Bertz CT molecular complexity index is 874. The van der Waals surface area contributed by atoms with E-state index < -0.39 is 0 Å². The molecule has 3 atom stereocenters. The van der Waals surface area contributed by atoms with Crippen molar-refractivity contribution >= 4 is 29.3 Å². The molecule has 2 heterocycles. The second-order valence-corrected chi connectivity index (χ2v) is 9.89. The number of amidine groups is 1. The van der Waals surface area contributed by atoms with Crippen molar-refractivity contribution < 1.29 is 9.59 Å². The van der Waals surface area contributed by atoms with Gasteiger partial charge >= 0.3 is 0 Å². The maximum Gasteiger partial charge on any atom is 0.230 e. The van der Waals surface area contributed by atoms with Crippen LogP contribution >= 0.6 is 11.6 Å². The van der Waals surface area contributed by atoms with E-state index >= 15 is 0 Å². The molecule has 1 saturated heterocycles. The van der Waals surface area contributed by atoms with Gasteiger partial charge in [-0.1, -0.05) is 56.5 Å². The molecule has 2 fully saturated rings. The van der Waals surface area contributed by atoms with Gasteiger partial charge in [0.15, 0.2) is 6.29 Å². The highest BCUT2D eigenvalue weighted by Crippen LogP contribution is 2.38. The zero-order valence-corrected chi connectivity index (χ0v) is 19.8. The van der Waals surface area contributed by atoms with Crippen LogP contribution in [-0.2, 0) is 16.1 Å². The first kappa shape index (κ1) is 22.9. The van der Waals surface area contributed by atoms with Crippen molar-refractivity contribution in [3.63, 3.8) is 0 Å². The lowest BCUT2D eigenvalue weighted by Crippen LogP contribution is -2.67. The van der Waals surface area contributed by atoms with Crippen molar-refractivity contribution in [2.24, 2.45) is 16.9 Å². The molecule has 8 heteroatoms. The summed E-state index contributed by atoms with van der Waals surface area (Å²) in [6.45, 7) is 5.51. The minimum atomic E-state index is -0.221. The lowest BCUT2D eigenvalue weighted by Gasteiger charge is -2.50. The fourth-order valence-corrected chi connectivity index (χ4v) is 5.22. The van der Waals surface area contributed by atoms with E-state index in [0.717, 1.165) is 50.0 Å². The van der Waals surface area contributed by atoms with Gasteiger partial charge in [0.05, 0.1) is 5.92 Å². The van der Waals surface area contributed by atoms with E-state index in [1.165, 1.54) is 0 Å². The Labute approximate surface area is 195 Å². The number of halogens is 1. The maximum absolute atomic E-state index is 13.3. The molecule has 0 aromatic heterocycles. The van der Waals surface area contributed by atoms with E-state index in [-0.39, 0.29) is 30.1 Å². The molecular formula is C24H34ClN5O2. The summed E-state index contributed by atoms with van der Waals surface area (Å²) in [5.74, 6) is 1.69. The van der Waals surface area contributed by atoms with Crippen molar-refractivity contribution in [2.45, 2.75) is 77.7 Å². The van der Waals surface area contributed by atoms with Crippen molar-refractivity contribution in [1.29, 1.82) is 0 Å². The Morgan fingerprint density at radius 3 is 2.84 bits per heavy atom. The molecule has 2 N–H and O–H groups in total. The average molecular weight is 460 g/mol. The van der Waals surface area contributed by atoms with Gasteiger partial charge in [-0.05, 0) is 36.8 Å². The van der Waals surface area contributed by atoms with Gasteiger partial charge in [-0.2, -0.15) is 5.10 Å². The molecule has 7 nitrogen and oxygen atoms in total. The summed E-state index contributed by atoms with van der Waals surface area (Å²) in [5, 5.41) is 8.20. The number of amides is 2. The van der Waals surface area contributed by atoms with E-state index in [2.05, 4.69) is 34.6 Å². The van der Waals surface area contributed by atoms with E-state index in [4.69, 9.17) is 11.6 Å². The number of carbonyl (C=O) groups excluding carboxylic acids is 2. The quantitative estimate of drug-likeness (QED) is 0.621. The minimum absolute atomic E-state index is 0.0268. The Morgan fingerprint density at radius 2 is 2.06 bits per heavy atom. The van der Waals surface area contributed by atoms with Crippen LogP contribution in [0.25, 0.3) is 0 Å². The number of hydrogen-bond donors (Lipinski definition) is 2. The van der Waals surface area contributed by atoms with E-state index in [0.29, 0.717) is 30.3 Å². The number of carbonyl (C=O) groups is 2. The van der Waals surface area contributed by atoms with Gasteiger partial charge < -0.3 is 15.1 Å². The molecule has 3 aliphatic rings. The van der Waals surface area contributed by atoms with Crippen molar-refractivity contribution in [2.75, 3.05) is 6.54 Å². The summed E-state index contributed by atoms with van der Waals surface area (Å²) in [6.07, 6.45) is 5.83. The molecule has 3 unspecified atom stereocenters. The molecule has 174 valence electrons. The third-order valence-electron chi connectivity index (χ3n) is 6.81. The van der Waals surface area contributed by atoms with Crippen molar-refractivity contribution in [3.05, 3.63) is 34.9 Å². The van der Waals surface area contributed by atoms with Crippen LogP contribution in [0.15, 0.2) is 29.4 Å². The SMILES string of the molecule is CC(C)CCN1C(=O)C2CCCCC2N2C(CCC(=O)NCc3ccccc3Cl)=NNC12. The third kappa shape index (κ3) is 4.87. The van der Waals surface area contributed by atoms with Crippen LogP contribution in [-0.4, -0.2) is 46.3 Å². The Balaban J connectivity index is 1.39. The Hall–Kier alpha value is -2.28. The molecule has 4 rings (SSSR count). The molecule has 32 heavy (non-hydrogen) atoms. The minimum Gasteiger partial charge on any atom is -0.352 e. The largest absolute Gasteiger partial charge is 0.352 e. The van der Waals surface area contributed by atoms with Gasteiger partial charge in [-0.25, -0.2) is 0 Å². The molecule has 0 spiro atoms. The smallest absolute Gasteiger partial charge is 0.230 e. The molecule has 0 bridgehead atoms. The normalized spacial score (nSPS) is 24.7. The number of hydrazone groups is 1. The molecule has 1 aromatic carbocycles. The zero-order chi connectivity index (χ0) is 22.7. The topological polar surface area (TPSA) is 77.0 Å². The second kappa shape index (κ2) is 10.1. The van der Waals surface area contributed by atoms with Gasteiger partial charge in [0.1, 0.15) is 5.84 Å². The molecule has 1 saturated carbocycles. The first-order valence-electron chi connectivity index (χ1n) is 11.9. The maximum atomic E-state index is 13.3. The molecule has 2 aliphatic heterocycles. The fourth-order valence-electron chi connectivity index (χ4n) is 5.02. The van der Waals surface area contributed by atoms with Crippen molar-refractivity contribution in [1.82, 2.24) is 20.5 Å². The molecule has 1 aromatic rings. The lowest BCUT2D eigenvalue weighted by atomic mass is 9.80. The standard InChI is InChI=1S/C24H34ClN5O2/c1-16(2)13-14-29-23(32)18-8-4-6-10-20(18)30-21(27-28-24(29)30)11-12-22(31)26-15-17-7-3-5-9-19(17)25/h3,5,7,9,16,18,20,24,28H,4,6,8,10-15H2,1-2H3,(H,26,31). The van der Waals surface area contributed by atoms with Crippen LogP contribution in [0.5, 0.6) is 0 Å². The number of rotatable bonds is 8. The summed E-state index contributed by atoms with van der Waals surface area (Å²) in [4.78, 5) is 30.0. The fraction of sp³-hybridized carbons (Fsp3) is 0.625. The molecule has 1 aliphatic carbocycles. The Morgan fingerprint density at radius 1 is 1.28 bits per heavy atom. The van der Waals surface area contributed by atoms with Crippen LogP contribution < -0.4 is 10.7 Å². The predicted octanol–water partition coefficient (Wildman–Crippen LogP) is 3.69. The van der Waals surface area contributed by atoms with E-state index in [1.54, 1.807) is 0 Å². The summed E-state index contributed by atoms with van der Waals surface area (Å²) >= 11 is 6.18. The first-order valence-corrected chi connectivity index (χ1v) is 12.2. The van der Waals surface area contributed by atoms with Gasteiger partial charge in [0.2, 0.25) is 11.8 Å². The third-order valence-corrected chi connectivity index (χ3v) is 7.18. The van der Waals surface area contributed by atoms with Crippen LogP contribution in [0, 0.1) is 11.8 Å². The molecule has 2 amide bonds. The van der Waals surface area contributed by atoms with Crippen LogP contribution in [0.1, 0.15) is 64.4 Å². The summed E-state index contributed by atoms with van der Waals surface area (Å²) in [7, 11) is 0. The Kier molecular flexibility index (Phi) is 7.23. The van der Waals surface area contributed by atoms with Gasteiger partial charge in [0.25, 0.3) is 0 Å². The summed E-state index contributed by atoms with van der Waals surface area (Å²) in [5.41, 5.74) is 4.11. The second-order valence-electron chi connectivity index (χ2n) is 9.48. The van der Waals surface area contributed by atoms with Crippen LogP contribution in [0.4, 0.5) is 0 Å². The molecular weight excluding hydrogens is 426 g/mol. The highest BCUT2D eigenvalue weighted by molar-refractivity contribution is 6.31. The number of benzene rings is 1. The highest BCUT2D eigenvalue weighted by atomic mass is 35.5. The zero-order valence-electron chi connectivity index (χ0n) is 19.0. The van der Waals surface area contributed by atoms with E-state index in [9.17, 15) is 9.59 Å². The monoisotopic (exact) mass is 459 g/mol. The number of fused-ring (bicyclic) bond motifs is 3. The number of nitrogens with zero attached hydrogens (tertiary/aromatic N) is 3. The molecule has 0 radical (unpaired) electrons. The number of hydrogen-bond acceptors (Lipinski definition) is 5. The van der Waals surface area contributed by atoms with Crippen LogP contribution in [0.3, 0.4) is 0 Å². The highest BCUT2D eigenvalue weighted by Gasteiger charge is 2.50.